The zero-order chi connectivity index (χ0) is 15.6. The van der Waals surface area contributed by atoms with E-state index in [1.807, 2.05) is 0 Å². The van der Waals surface area contributed by atoms with Crippen molar-refractivity contribution in [3.8, 4) is 5.75 Å². The van der Waals surface area contributed by atoms with Crippen LogP contribution >= 0.6 is 0 Å². The molecule has 0 saturated carbocycles. The molecule has 21 heavy (non-hydrogen) atoms. The Kier molecular flexibility index (Phi) is 4.16. The van der Waals surface area contributed by atoms with Gasteiger partial charge in [0, 0.05) is 18.4 Å². The van der Waals surface area contributed by atoms with E-state index < -0.39 is 29.6 Å². The standard InChI is InChI=1S/C15H14O6/c1-3-10(16)20-9-7-5-6-8-12(9)14(19)15(13(8)18)21-11(17)4-2/h5-7,15H,3-4H2,1-2H3. The van der Waals surface area contributed by atoms with Gasteiger partial charge in [-0.15, -0.1) is 0 Å². The molecule has 0 aromatic heterocycles. The quantitative estimate of drug-likeness (QED) is 0.476. The summed E-state index contributed by atoms with van der Waals surface area (Å²) in [7, 11) is 0. The van der Waals surface area contributed by atoms with E-state index >= 15 is 0 Å². The monoisotopic (exact) mass is 290 g/mol. The number of Topliss-reactive ketones (excluding diaryl/α,β-unsaturated/α-hetero) is 2. The molecule has 0 radical (unpaired) electrons. The molecule has 1 aromatic carbocycles. The van der Waals surface area contributed by atoms with Crippen LogP contribution in [0.4, 0.5) is 0 Å². The molecule has 0 bridgehead atoms. The highest BCUT2D eigenvalue weighted by molar-refractivity contribution is 6.30. The molecule has 1 aliphatic rings. The summed E-state index contributed by atoms with van der Waals surface area (Å²) in [6.45, 7) is 3.18. The van der Waals surface area contributed by atoms with Gasteiger partial charge in [0.2, 0.25) is 17.7 Å². The molecule has 1 unspecified atom stereocenters. The van der Waals surface area contributed by atoms with Gasteiger partial charge in [-0.3, -0.25) is 19.2 Å². The topological polar surface area (TPSA) is 86.7 Å². The number of ether oxygens (including phenoxy) is 2. The van der Waals surface area contributed by atoms with Crippen molar-refractivity contribution >= 4 is 23.5 Å². The Morgan fingerprint density at radius 2 is 1.71 bits per heavy atom. The van der Waals surface area contributed by atoms with Crippen LogP contribution in [0.25, 0.3) is 0 Å². The first-order chi connectivity index (χ1) is 9.99. The fourth-order valence-electron chi connectivity index (χ4n) is 1.98. The summed E-state index contributed by atoms with van der Waals surface area (Å²) in [5.74, 6) is -2.38. The van der Waals surface area contributed by atoms with Gasteiger partial charge >= 0.3 is 11.9 Å². The molecule has 0 heterocycles. The summed E-state index contributed by atoms with van der Waals surface area (Å²) in [6.07, 6.45) is -1.28. The lowest BCUT2D eigenvalue weighted by Gasteiger charge is -2.08. The normalized spacial score (nSPS) is 16.6. The van der Waals surface area contributed by atoms with E-state index in [2.05, 4.69) is 0 Å². The van der Waals surface area contributed by atoms with Gasteiger partial charge in [-0.1, -0.05) is 26.0 Å². The molecule has 110 valence electrons. The lowest BCUT2D eigenvalue weighted by Crippen LogP contribution is -2.28. The smallest absolute Gasteiger partial charge is 0.310 e. The molecule has 1 aromatic rings. The van der Waals surface area contributed by atoms with E-state index in [-0.39, 0.29) is 29.7 Å². The van der Waals surface area contributed by atoms with E-state index in [0.29, 0.717) is 0 Å². The Morgan fingerprint density at radius 3 is 2.33 bits per heavy atom. The highest BCUT2D eigenvalue weighted by Crippen LogP contribution is 2.32. The lowest BCUT2D eigenvalue weighted by atomic mass is 10.1. The Bertz CT molecular complexity index is 631. The first-order valence-corrected chi connectivity index (χ1v) is 6.61. The summed E-state index contributed by atoms with van der Waals surface area (Å²) < 4.78 is 9.93. The van der Waals surface area contributed by atoms with Crippen LogP contribution in [0.15, 0.2) is 18.2 Å². The van der Waals surface area contributed by atoms with Crippen molar-refractivity contribution in [3.05, 3.63) is 29.3 Å². The Hall–Kier alpha value is -2.50. The number of carbonyl (C=O) groups excluding carboxylic acids is 4. The Balaban J connectivity index is 2.37. The first-order valence-electron chi connectivity index (χ1n) is 6.61. The van der Waals surface area contributed by atoms with Crippen LogP contribution in [-0.2, 0) is 14.3 Å². The molecule has 0 fully saturated rings. The molecular weight excluding hydrogens is 276 g/mol. The zero-order valence-electron chi connectivity index (χ0n) is 11.7. The fourth-order valence-corrected chi connectivity index (χ4v) is 1.98. The molecule has 0 saturated heterocycles. The van der Waals surface area contributed by atoms with Crippen molar-refractivity contribution < 1.29 is 28.7 Å². The van der Waals surface area contributed by atoms with Gasteiger partial charge in [-0.05, 0) is 6.07 Å². The number of carbonyl (C=O) groups is 4. The highest BCUT2D eigenvalue weighted by atomic mass is 16.6. The van der Waals surface area contributed by atoms with Crippen molar-refractivity contribution in [1.82, 2.24) is 0 Å². The predicted octanol–water partition coefficient (Wildman–Crippen LogP) is 1.70. The van der Waals surface area contributed by atoms with Crippen LogP contribution in [0.3, 0.4) is 0 Å². The molecule has 0 amide bonds. The van der Waals surface area contributed by atoms with Crippen LogP contribution in [0.2, 0.25) is 0 Å². The van der Waals surface area contributed by atoms with Crippen molar-refractivity contribution in [2.45, 2.75) is 32.8 Å². The summed E-state index contributed by atoms with van der Waals surface area (Å²) in [5.41, 5.74) is 0.105. The van der Waals surface area contributed by atoms with Crippen LogP contribution in [0, 0.1) is 0 Å². The van der Waals surface area contributed by atoms with Gasteiger partial charge in [-0.2, -0.15) is 0 Å². The molecule has 0 aliphatic heterocycles. The average Bonchev–Trinajstić information content (AvgIpc) is 2.73. The minimum atomic E-state index is -1.48. The van der Waals surface area contributed by atoms with Crippen LogP contribution in [-0.4, -0.2) is 29.6 Å². The average molecular weight is 290 g/mol. The SMILES string of the molecule is CCC(=O)Oc1cccc2c1C(=O)C(OC(=O)CC)C2=O. The van der Waals surface area contributed by atoms with Gasteiger partial charge in [0.05, 0.1) is 5.56 Å². The largest absolute Gasteiger partial charge is 0.445 e. The maximum Gasteiger partial charge on any atom is 0.310 e. The number of rotatable bonds is 4. The number of esters is 2. The second-order valence-corrected chi connectivity index (χ2v) is 4.46. The minimum Gasteiger partial charge on any atom is -0.445 e. The van der Waals surface area contributed by atoms with E-state index in [1.165, 1.54) is 18.2 Å². The molecule has 1 atom stereocenters. The zero-order valence-corrected chi connectivity index (χ0v) is 11.7. The Labute approximate surface area is 121 Å². The van der Waals surface area contributed by atoms with Gasteiger partial charge < -0.3 is 9.47 Å². The molecule has 1 aliphatic carbocycles. The van der Waals surface area contributed by atoms with Crippen LogP contribution in [0.1, 0.15) is 47.4 Å². The van der Waals surface area contributed by atoms with E-state index in [4.69, 9.17) is 9.47 Å². The van der Waals surface area contributed by atoms with Gasteiger partial charge in [-0.25, -0.2) is 0 Å². The summed E-state index contributed by atoms with van der Waals surface area (Å²) in [4.78, 5) is 47.1. The van der Waals surface area contributed by atoms with Crippen molar-refractivity contribution in [2.75, 3.05) is 0 Å². The third-order valence-electron chi connectivity index (χ3n) is 3.06. The summed E-state index contributed by atoms with van der Waals surface area (Å²) in [6, 6.07) is 4.38. The third kappa shape index (κ3) is 2.69. The van der Waals surface area contributed by atoms with Crippen molar-refractivity contribution in [1.29, 1.82) is 0 Å². The molecule has 2 rings (SSSR count). The predicted molar refractivity (Wildman–Crippen MR) is 71.2 cm³/mol. The van der Waals surface area contributed by atoms with Gasteiger partial charge in [0.1, 0.15) is 5.75 Å². The molecule has 0 N–H and O–H groups in total. The molecule has 6 nitrogen and oxygen atoms in total. The maximum atomic E-state index is 12.3. The fraction of sp³-hybridized carbons (Fsp3) is 0.333. The number of hydrogen-bond acceptors (Lipinski definition) is 6. The molecule has 6 heteroatoms. The second-order valence-electron chi connectivity index (χ2n) is 4.46. The van der Waals surface area contributed by atoms with Gasteiger partial charge in [0.15, 0.2) is 0 Å². The van der Waals surface area contributed by atoms with E-state index in [9.17, 15) is 19.2 Å². The molecular formula is C15H14O6. The van der Waals surface area contributed by atoms with Crippen molar-refractivity contribution in [2.24, 2.45) is 0 Å². The number of fused-ring (bicyclic) bond motifs is 1. The molecule has 0 spiro atoms. The summed E-state index contributed by atoms with van der Waals surface area (Å²) in [5, 5.41) is 0. The summed E-state index contributed by atoms with van der Waals surface area (Å²) >= 11 is 0. The van der Waals surface area contributed by atoms with E-state index in [1.54, 1.807) is 13.8 Å². The van der Waals surface area contributed by atoms with Crippen LogP contribution in [0.5, 0.6) is 5.75 Å². The second kappa shape index (κ2) is 5.87. The van der Waals surface area contributed by atoms with E-state index in [0.717, 1.165) is 0 Å². The Morgan fingerprint density at radius 1 is 1.05 bits per heavy atom. The maximum absolute atomic E-state index is 12.3. The van der Waals surface area contributed by atoms with Crippen LogP contribution < -0.4 is 4.74 Å². The number of benzene rings is 1. The minimum absolute atomic E-state index is 0.00166. The highest BCUT2D eigenvalue weighted by Gasteiger charge is 2.43. The van der Waals surface area contributed by atoms with Crippen molar-refractivity contribution in [3.63, 3.8) is 0 Å². The van der Waals surface area contributed by atoms with Gasteiger partial charge in [0.25, 0.3) is 0 Å². The lowest BCUT2D eigenvalue weighted by molar-refractivity contribution is -0.144. The first kappa shape index (κ1) is 14.9. The third-order valence-corrected chi connectivity index (χ3v) is 3.06. The number of ketones is 2. The number of hydrogen-bond donors (Lipinski definition) is 0.